The highest BCUT2D eigenvalue weighted by atomic mass is 16.3. The molecule has 1 fully saturated rings. The summed E-state index contributed by atoms with van der Waals surface area (Å²) in [6, 6.07) is 4.15. The number of benzene rings is 1. The lowest BCUT2D eigenvalue weighted by Crippen LogP contribution is -3.12. The fraction of sp³-hybridized carbons (Fsp3) is 0.471. The summed E-state index contributed by atoms with van der Waals surface area (Å²) in [6.07, 6.45) is 2.07. The van der Waals surface area contributed by atoms with Crippen molar-refractivity contribution >= 4 is 16.9 Å². The lowest BCUT2D eigenvalue weighted by atomic mass is 10.0. The standard InChI is InChI=1S/C17H23N3O2/c1-12-8-13(2)17-14(11-22-15(17)9-12)10-16(21)18-20-6-4-19(3)5-7-20/h8-9,11H,4-7,10H2,1-3H3,(H,18,21)/p+1. The summed E-state index contributed by atoms with van der Waals surface area (Å²) in [6.45, 7) is 8.05. The van der Waals surface area contributed by atoms with Gasteiger partial charge < -0.3 is 9.32 Å². The van der Waals surface area contributed by atoms with Gasteiger partial charge in [0.25, 0.3) is 0 Å². The largest absolute Gasteiger partial charge is 0.464 e. The van der Waals surface area contributed by atoms with Gasteiger partial charge in [0, 0.05) is 10.9 Å². The molecule has 1 aromatic carbocycles. The van der Waals surface area contributed by atoms with E-state index in [-0.39, 0.29) is 5.91 Å². The van der Waals surface area contributed by atoms with Crippen LogP contribution in [0.4, 0.5) is 0 Å². The third-order valence-corrected chi connectivity index (χ3v) is 4.34. The number of nitrogens with one attached hydrogen (secondary N) is 2. The van der Waals surface area contributed by atoms with E-state index in [4.69, 9.17) is 4.42 Å². The molecule has 3 rings (SSSR count). The quantitative estimate of drug-likeness (QED) is 0.866. The third-order valence-electron chi connectivity index (χ3n) is 4.34. The van der Waals surface area contributed by atoms with Crippen LogP contribution in [-0.2, 0) is 11.2 Å². The van der Waals surface area contributed by atoms with Gasteiger partial charge in [-0.3, -0.25) is 10.2 Å². The Morgan fingerprint density at radius 1 is 1.32 bits per heavy atom. The van der Waals surface area contributed by atoms with Gasteiger partial charge in [0.05, 0.1) is 45.9 Å². The maximum Gasteiger partial charge on any atom is 0.238 e. The van der Waals surface area contributed by atoms with Crippen molar-refractivity contribution in [3.63, 3.8) is 0 Å². The number of aryl methyl sites for hydroxylation is 2. The zero-order valence-corrected chi connectivity index (χ0v) is 13.5. The lowest BCUT2D eigenvalue weighted by Gasteiger charge is -2.30. The number of hydrogen-bond acceptors (Lipinski definition) is 3. The zero-order valence-electron chi connectivity index (χ0n) is 13.5. The molecule has 1 amide bonds. The van der Waals surface area contributed by atoms with Crippen LogP contribution >= 0.6 is 0 Å². The van der Waals surface area contributed by atoms with Gasteiger partial charge in [-0.15, -0.1) is 0 Å². The van der Waals surface area contributed by atoms with Crippen LogP contribution in [0.15, 0.2) is 22.8 Å². The molecule has 0 bridgehead atoms. The van der Waals surface area contributed by atoms with Gasteiger partial charge in [0.15, 0.2) is 0 Å². The van der Waals surface area contributed by atoms with E-state index >= 15 is 0 Å². The van der Waals surface area contributed by atoms with Gasteiger partial charge >= 0.3 is 0 Å². The minimum absolute atomic E-state index is 0.0298. The maximum absolute atomic E-state index is 12.3. The average Bonchev–Trinajstić information content (AvgIpc) is 2.84. The Labute approximate surface area is 130 Å². The fourth-order valence-corrected chi connectivity index (χ4v) is 3.15. The van der Waals surface area contributed by atoms with Crippen molar-refractivity contribution in [1.29, 1.82) is 0 Å². The fourth-order valence-electron chi connectivity index (χ4n) is 3.15. The highest BCUT2D eigenvalue weighted by Crippen LogP contribution is 2.26. The number of quaternary nitrogens is 1. The van der Waals surface area contributed by atoms with Crippen LogP contribution in [0.2, 0.25) is 0 Å². The monoisotopic (exact) mass is 302 g/mol. The Bertz CT molecular complexity index is 685. The second-order valence-electron chi connectivity index (χ2n) is 6.37. The summed E-state index contributed by atoms with van der Waals surface area (Å²) in [5.74, 6) is 0.0298. The first kappa shape index (κ1) is 15.1. The van der Waals surface area contributed by atoms with Gasteiger partial charge in [-0.25, -0.2) is 5.01 Å². The Morgan fingerprint density at radius 2 is 2.05 bits per heavy atom. The number of furan rings is 1. The van der Waals surface area contributed by atoms with Crippen molar-refractivity contribution in [2.75, 3.05) is 33.2 Å². The highest BCUT2D eigenvalue weighted by Gasteiger charge is 2.19. The molecule has 0 aliphatic carbocycles. The number of hydrazine groups is 1. The number of amides is 1. The van der Waals surface area contributed by atoms with E-state index in [1.807, 2.05) is 11.1 Å². The van der Waals surface area contributed by atoms with E-state index in [0.29, 0.717) is 6.42 Å². The van der Waals surface area contributed by atoms with E-state index in [2.05, 4.69) is 32.4 Å². The predicted octanol–water partition coefficient (Wildman–Crippen LogP) is 0.454. The Morgan fingerprint density at radius 3 is 2.77 bits per heavy atom. The molecular formula is C17H24N3O2+. The van der Waals surface area contributed by atoms with E-state index in [1.54, 1.807) is 6.26 Å². The summed E-state index contributed by atoms with van der Waals surface area (Å²) in [7, 11) is 2.18. The summed E-state index contributed by atoms with van der Waals surface area (Å²) >= 11 is 0. The van der Waals surface area contributed by atoms with E-state index in [0.717, 1.165) is 48.3 Å². The maximum atomic E-state index is 12.3. The molecule has 0 radical (unpaired) electrons. The van der Waals surface area contributed by atoms with E-state index < -0.39 is 0 Å². The molecule has 2 heterocycles. The van der Waals surface area contributed by atoms with Gasteiger partial charge in [0.2, 0.25) is 5.91 Å². The van der Waals surface area contributed by atoms with Crippen LogP contribution in [0.3, 0.4) is 0 Å². The number of carbonyl (C=O) groups is 1. The van der Waals surface area contributed by atoms with Crippen molar-refractivity contribution in [1.82, 2.24) is 10.4 Å². The Hall–Kier alpha value is -1.85. The molecule has 1 aromatic heterocycles. The number of nitrogens with zero attached hydrogens (tertiary/aromatic N) is 1. The van der Waals surface area contributed by atoms with Gasteiger partial charge in [-0.1, -0.05) is 6.07 Å². The molecule has 22 heavy (non-hydrogen) atoms. The van der Waals surface area contributed by atoms with Crippen molar-refractivity contribution in [2.24, 2.45) is 0 Å². The number of fused-ring (bicyclic) bond motifs is 1. The third kappa shape index (κ3) is 3.15. The molecule has 5 nitrogen and oxygen atoms in total. The topological polar surface area (TPSA) is 49.9 Å². The van der Waals surface area contributed by atoms with Crippen LogP contribution in [0.5, 0.6) is 0 Å². The summed E-state index contributed by atoms with van der Waals surface area (Å²) < 4.78 is 5.62. The Balaban J connectivity index is 1.69. The second-order valence-corrected chi connectivity index (χ2v) is 6.37. The molecule has 0 spiro atoms. The molecule has 1 saturated heterocycles. The number of carbonyl (C=O) groups excluding carboxylic acids is 1. The first-order valence-electron chi connectivity index (χ1n) is 7.86. The molecule has 118 valence electrons. The molecule has 2 N–H and O–H groups in total. The van der Waals surface area contributed by atoms with Crippen LogP contribution in [0.25, 0.3) is 11.0 Å². The van der Waals surface area contributed by atoms with Crippen LogP contribution in [0.1, 0.15) is 16.7 Å². The molecule has 1 aliphatic heterocycles. The van der Waals surface area contributed by atoms with Crippen molar-refractivity contribution in [3.8, 4) is 0 Å². The molecule has 5 heteroatoms. The smallest absolute Gasteiger partial charge is 0.238 e. The van der Waals surface area contributed by atoms with E-state index in [1.165, 1.54) is 10.5 Å². The van der Waals surface area contributed by atoms with E-state index in [9.17, 15) is 4.79 Å². The zero-order chi connectivity index (χ0) is 15.7. The number of rotatable bonds is 3. The highest BCUT2D eigenvalue weighted by molar-refractivity contribution is 5.90. The lowest BCUT2D eigenvalue weighted by molar-refractivity contribution is -0.884. The normalized spacial score (nSPS) is 17.0. The number of likely N-dealkylation sites (N-methyl/N-ethyl adjacent to an activating group) is 1. The summed E-state index contributed by atoms with van der Waals surface area (Å²) in [5.41, 5.74) is 7.18. The van der Waals surface area contributed by atoms with Gasteiger partial charge in [0.1, 0.15) is 5.58 Å². The summed E-state index contributed by atoms with van der Waals surface area (Å²) in [5, 5.41) is 3.10. The molecule has 1 aliphatic rings. The van der Waals surface area contributed by atoms with Crippen molar-refractivity contribution in [2.45, 2.75) is 20.3 Å². The molecule has 0 atom stereocenters. The van der Waals surface area contributed by atoms with Crippen LogP contribution in [-0.4, -0.2) is 44.1 Å². The first-order valence-corrected chi connectivity index (χ1v) is 7.86. The SMILES string of the molecule is Cc1cc(C)c2c(CC(=O)NN3CC[NH+](C)CC3)coc2c1. The first-order chi connectivity index (χ1) is 10.5. The summed E-state index contributed by atoms with van der Waals surface area (Å²) in [4.78, 5) is 13.8. The minimum Gasteiger partial charge on any atom is -0.464 e. The number of piperazine rings is 1. The van der Waals surface area contributed by atoms with Crippen molar-refractivity contribution in [3.05, 3.63) is 35.1 Å². The predicted molar refractivity (Wildman–Crippen MR) is 85.7 cm³/mol. The van der Waals surface area contributed by atoms with Crippen LogP contribution < -0.4 is 10.3 Å². The average molecular weight is 302 g/mol. The molecule has 2 aromatic rings. The minimum atomic E-state index is 0.0298. The second kappa shape index (κ2) is 6.10. The molecular weight excluding hydrogens is 278 g/mol. The Kier molecular flexibility index (Phi) is 4.18. The van der Waals surface area contributed by atoms with Crippen LogP contribution in [0, 0.1) is 13.8 Å². The number of hydrogen-bond donors (Lipinski definition) is 2. The molecule has 0 unspecified atom stereocenters. The van der Waals surface area contributed by atoms with Crippen molar-refractivity contribution < 1.29 is 14.1 Å². The molecule has 0 saturated carbocycles. The van der Waals surface area contributed by atoms with Gasteiger partial charge in [-0.05, 0) is 31.0 Å². The van der Waals surface area contributed by atoms with Gasteiger partial charge in [-0.2, -0.15) is 0 Å².